The predicted molar refractivity (Wildman–Crippen MR) is 76.6 cm³/mol. The van der Waals surface area contributed by atoms with E-state index in [4.69, 9.17) is 28.9 Å². The monoisotopic (exact) mass is 302 g/mol. The molecule has 2 unspecified atom stereocenters. The first-order chi connectivity index (χ1) is 8.97. The number of anilines is 1. The summed E-state index contributed by atoms with van der Waals surface area (Å²) in [4.78, 5) is 12.0. The van der Waals surface area contributed by atoms with E-state index in [0.29, 0.717) is 18.2 Å². The molecule has 2 atom stereocenters. The Hall–Kier alpha value is -0.970. The van der Waals surface area contributed by atoms with E-state index in [9.17, 15) is 9.90 Å². The second-order valence-corrected chi connectivity index (χ2v) is 5.69. The van der Waals surface area contributed by atoms with Gasteiger partial charge in [-0.05, 0) is 37.3 Å². The molecule has 0 spiro atoms. The molecule has 19 heavy (non-hydrogen) atoms. The van der Waals surface area contributed by atoms with E-state index < -0.39 is 0 Å². The second kappa shape index (κ2) is 5.99. The van der Waals surface area contributed by atoms with Gasteiger partial charge >= 0.3 is 0 Å². The van der Waals surface area contributed by atoms with Crippen LogP contribution in [0, 0.1) is 5.92 Å². The highest BCUT2D eigenvalue weighted by atomic mass is 35.5. The minimum atomic E-state index is -0.291. The number of benzene rings is 1. The van der Waals surface area contributed by atoms with Crippen molar-refractivity contribution < 1.29 is 9.90 Å². The maximum absolute atomic E-state index is 12.0. The normalized spacial score (nSPS) is 22.5. The molecule has 0 aromatic heterocycles. The Balaban J connectivity index is 2.00. The van der Waals surface area contributed by atoms with Crippen LogP contribution in [0.2, 0.25) is 10.0 Å². The van der Waals surface area contributed by atoms with Crippen LogP contribution in [0.25, 0.3) is 0 Å². The van der Waals surface area contributed by atoms with Crippen LogP contribution in [0.5, 0.6) is 0 Å². The molecule has 4 N–H and O–H groups in total. The van der Waals surface area contributed by atoms with Crippen LogP contribution in [0.3, 0.4) is 0 Å². The van der Waals surface area contributed by atoms with Gasteiger partial charge in [-0.1, -0.05) is 23.2 Å². The zero-order valence-electron chi connectivity index (χ0n) is 10.3. The Labute approximate surface area is 121 Å². The zero-order chi connectivity index (χ0) is 14.0. The topological polar surface area (TPSA) is 75.4 Å². The highest BCUT2D eigenvalue weighted by Gasteiger charge is 2.23. The average Bonchev–Trinajstić information content (AvgIpc) is 2.76. The summed E-state index contributed by atoms with van der Waals surface area (Å²) in [5.41, 5.74) is 6.33. The molecule has 0 radical (unpaired) electrons. The molecule has 1 aliphatic rings. The lowest BCUT2D eigenvalue weighted by Gasteiger charge is -2.12. The van der Waals surface area contributed by atoms with Crippen molar-refractivity contribution in [2.24, 2.45) is 5.92 Å². The summed E-state index contributed by atoms with van der Waals surface area (Å²) in [5.74, 6) is 0.0230. The number of carbonyl (C=O) groups excluding carboxylic acids is 1. The van der Waals surface area contributed by atoms with E-state index in [1.165, 1.54) is 12.1 Å². The van der Waals surface area contributed by atoms with E-state index in [2.05, 4.69) is 5.32 Å². The van der Waals surface area contributed by atoms with Crippen molar-refractivity contribution in [3.63, 3.8) is 0 Å². The molecular weight excluding hydrogens is 287 g/mol. The number of hydrogen-bond donors (Lipinski definition) is 3. The van der Waals surface area contributed by atoms with E-state index in [1.54, 1.807) is 0 Å². The lowest BCUT2D eigenvalue weighted by molar-refractivity contribution is 0.0945. The molecule has 104 valence electrons. The predicted octanol–water partition coefficient (Wildman–Crippen LogP) is 2.47. The lowest BCUT2D eigenvalue weighted by Crippen LogP contribution is -2.29. The Kier molecular flexibility index (Phi) is 4.55. The fourth-order valence-electron chi connectivity index (χ4n) is 2.34. The lowest BCUT2D eigenvalue weighted by atomic mass is 10.1. The number of halogens is 2. The van der Waals surface area contributed by atoms with Gasteiger partial charge in [-0.25, -0.2) is 0 Å². The van der Waals surface area contributed by atoms with E-state index in [1.807, 2.05) is 0 Å². The Bertz CT molecular complexity index is 494. The molecule has 1 amide bonds. The summed E-state index contributed by atoms with van der Waals surface area (Å²) in [5, 5.41) is 12.7. The number of hydrogen-bond acceptors (Lipinski definition) is 3. The highest BCUT2D eigenvalue weighted by molar-refractivity contribution is 6.44. The van der Waals surface area contributed by atoms with Crippen molar-refractivity contribution in [3.8, 4) is 0 Å². The third-order valence-electron chi connectivity index (χ3n) is 3.36. The Morgan fingerprint density at radius 1 is 1.42 bits per heavy atom. The van der Waals surface area contributed by atoms with Crippen molar-refractivity contribution in [1.29, 1.82) is 0 Å². The van der Waals surface area contributed by atoms with Gasteiger partial charge in [-0.2, -0.15) is 0 Å². The van der Waals surface area contributed by atoms with Crippen molar-refractivity contribution in [2.75, 3.05) is 12.3 Å². The molecule has 1 saturated carbocycles. The molecule has 0 heterocycles. The van der Waals surface area contributed by atoms with Gasteiger partial charge in [0.15, 0.2) is 0 Å². The van der Waals surface area contributed by atoms with E-state index in [-0.39, 0.29) is 27.6 Å². The molecule has 1 aromatic rings. The van der Waals surface area contributed by atoms with Gasteiger partial charge < -0.3 is 16.2 Å². The van der Waals surface area contributed by atoms with E-state index >= 15 is 0 Å². The quantitative estimate of drug-likeness (QED) is 0.751. The van der Waals surface area contributed by atoms with Crippen LogP contribution >= 0.6 is 23.2 Å². The summed E-state index contributed by atoms with van der Waals surface area (Å²) in [7, 11) is 0. The number of amides is 1. The second-order valence-electron chi connectivity index (χ2n) is 4.91. The molecule has 1 aliphatic carbocycles. The van der Waals surface area contributed by atoms with Crippen LogP contribution in [0.4, 0.5) is 5.69 Å². The standard InChI is InChI=1S/C13H16Cl2N2O2/c14-11-5-8(16)4-10(12(11)15)13(19)17-6-7-1-2-9(18)3-7/h4-5,7,9,18H,1-3,6,16H2,(H,17,19). The molecule has 1 aromatic carbocycles. The van der Waals surface area contributed by atoms with Gasteiger partial charge in [0.05, 0.1) is 21.7 Å². The largest absolute Gasteiger partial charge is 0.399 e. The molecule has 6 heteroatoms. The molecule has 2 rings (SSSR count). The first-order valence-corrected chi connectivity index (χ1v) is 6.93. The molecule has 0 aliphatic heterocycles. The maximum Gasteiger partial charge on any atom is 0.252 e. The summed E-state index contributed by atoms with van der Waals surface area (Å²) < 4.78 is 0. The van der Waals surface area contributed by atoms with Crippen molar-refractivity contribution in [2.45, 2.75) is 25.4 Å². The molecular formula is C13H16Cl2N2O2. The number of nitrogens with two attached hydrogens (primary N) is 1. The minimum absolute atomic E-state index is 0.208. The van der Waals surface area contributed by atoms with Crippen molar-refractivity contribution >= 4 is 34.8 Å². The maximum atomic E-state index is 12.0. The summed E-state index contributed by atoms with van der Waals surface area (Å²) >= 11 is 11.9. The smallest absolute Gasteiger partial charge is 0.252 e. The third kappa shape index (κ3) is 3.53. The van der Waals surface area contributed by atoms with Gasteiger partial charge in [-0.15, -0.1) is 0 Å². The van der Waals surface area contributed by atoms with Crippen LogP contribution in [0.1, 0.15) is 29.6 Å². The van der Waals surface area contributed by atoms with Crippen LogP contribution < -0.4 is 11.1 Å². The molecule has 0 bridgehead atoms. The van der Waals surface area contributed by atoms with Gasteiger partial charge in [0.1, 0.15) is 0 Å². The number of aliphatic hydroxyl groups excluding tert-OH is 1. The third-order valence-corrected chi connectivity index (χ3v) is 4.16. The van der Waals surface area contributed by atoms with E-state index in [0.717, 1.165) is 19.3 Å². The first kappa shape index (κ1) is 14.4. The molecule has 0 saturated heterocycles. The van der Waals surface area contributed by atoms with Crippen LogP contribution in [-0.2, 0) is 0 Å². The molecule has 4 nitrogen and oxygen atoms in total. The number of nitrogen functional groups attached to an aromatic ring is 1. The highest BCUT2D eigenvalue weighted by Crippen LogP contribution is 2.29. The number of carbonyl (C=O) groups is 1. The minimum Gasteiger partial charge on any atom is -0.399 e. The average molecular weight is 303 g/mol. The number of rotatable bonds is 3. The Morgan fingerprint density at radius 2 is 2.16 bits per heavy atom. The zero-order valence-corrected chi connectivity index (χ0v) is 11.8. The van der Waals surface area contributed by atoms with Gasteiger partial charge in [0, 0.05) is 12.2 Å². The van der Waals surface area contributed by atoms with Gasteiger partial charge in [0.25, 0.3) is 5.91 Å². The SMILES string of the molecule is Nc1cc(Cl)c(Cl)c(C(=O)NCC2CCC(O)C2)c1. The fraction of sp³-hybridized carbons (Fsp3) is 0.462. The van der Waals surface area contributed by atoms with Gasteiger partial charge in [0.2, 0.25) is 0 Å². The number of nitrogens with one attached hydrogen (secondary N) is 1. The van der Waals surface area contributed by atoms with Gasteiger partial charge in [-0.3, -0.25) is 4.79 Å². The van der Waals surface area contributed by atoms with Crippen LogP contribution in [0.15, 0.2) is 12.1 Å². The van der Waals surface area contributed by atoms with Crippen molar-refractivity contribution in [1.82, 2.24) is 5.32 Å². The fourth-order valence-corrected chi connectivity index (χ4v) is 2.76. The summed E-state index contributed by atoms with van der Waals surface area (Å²) in [6.07, 6.45) is 2.21. The summed E-state index contributed by atoms with van der Waals surface area (Å²) in [6, 6.07) is 3.01. The molecule has 1 fully saturated rings. The number of aliphatic hydroxyl groups is 1. The summed E-state index contributed by atoms with van der Waals surface area (Å²) in [6.45, 7) is 0.526. The van der Waals surface area contributed by atoms with Crippen LogP contribution in [-0.4, -0.2) is 23.7 Å². The first-order valence-electron chi connectivity index (χ1n) is 6.18. The Morgan fingerprint density at radius 3 is 2.79 bits per heavy atom. The van der Waals surface area contributed by atoms with Crippen molar-refractivity contribution in [3.05, 3.63) is 27.7 Å².